The lowest BCUT2D eigenvalue weighted by Crippen LogP contribution is -2.38. The highest BCUT2D eigenvalue weighted by molar-refractivity contribution is 5.75. The quantitative estimate of drug-likeness (QED) is 0.730. The number of rotatable bonds is 7. The number of hydrogen-bond donors (Lipinski definition) is 0. The van der Waals surface area contributed by atoms with Crippen LogP contribution in [0.4, 0.5) is 0 Å². The molecule has 1 aromatic heterocycles. The first-order valence-electron chi connectivity index (χ1n) is 8.05. The fourth-order valence-electron chi connectivity index (χ4n) is 2.58. The second-order valence-corrected chi connectivity index (χ2v) is 5.53. The maximum Gasteiger partial charge on any atom is 0.364 e. The summed E-state index contributed by atoms with van der Waals surface area (Å²) in [5.74, 6) is -0.0860. The second-order valence-electron chi connectivity index (χ2n) is 5.53. The van der Waals surface area contributed by atoms with Crippen LogP contribution in [0.15, 0.2) is 4.79 Å². The molecule has 0 radical (unpaired) electrons. The normalized spacial score (nSPS) is 15.9. The van der Waals surface area contributed by atoms with Gasteiger partial charge in [-0.05, 0) is 36.6 Å². The van der Waals surface area contributed by atoms with Crippen LogP contribution in [-0.2, 0) is 16.1 Å². The predicted octanol–water partition coefficient (Wildman–Crippen LogP) is 0.440. The topological polar surface area (TPSA) is 82.2 Å². The summed E-state index contributed by atoms with van der Waals surface area (Å²) < 4.78 is 7.83. The summed E-state index contributed by atoms with van der Waals surface area (Å²) in [4.78, 5) is 26.3. The Hall–Kier alpha value is -1.70. The van der Waals surface area contributed by atoms with Gasteiger partial charge in [0.25, 0.3) is 0 Å². The number of nitrogens with zero attached hydrogens (tertiary/aromatic N) is 5. The van der Waals surface area contributed by atoms with Crippen molar-refractivity contribution in [3.05, 3.63) is 10.5 Å². The van der Waals surface area contributed by atoms with E-state index in [1.54, 1.807) is 4.90 Å². The Morgan fingerprint density at radius 3 is 2.68 bits per heavy atom. The van der Waals surface area contributed by atoms with E-state index in [0.717, 1.165) is 30.4 Å². The zero-order valence-electron chi connectivity index (χ0n) is 13.4. The van der Waals surface area contributed by atoms with E-state index in [-0.39, 0.29) is 24.2 Å². The van der Waals surface area contributed by atoms with Gasteiger partial charge in [-0.3, -0.25) is 4.79 Å². The molecular formula is C14H25N5O3. The molecule has 1 aliphatic rings. The third-order valence-corrected chi connectivity index (χ3v) is 4.00. The number of tetrazole rings is 1. The first-order valence-corrected chi connectivity index (χ1v) is 8.05. The smallest absolute Gasteiger partial charge is 0.364 e. The minimum atomic E-state index is -0.313. The Kier molecular flexibility index (Phi) is 6.11. The third-order valence-electron chi connectivity index (χ3n) is 4.00. The molecule has 2 heterocycles. The first kappa shape index (κ1) is 16.7. The highest BCUT2D eigenvalue weighted by Gasteiger charge is 2.22. The number of unbranched alkanes of at least 4 members (excludes halogenated alkanes) is 1. The van der Waals surface area contributed by atoms with E-state index in [4.69, 9.17) is 4.74 Å². The van der Waals surface area contributed by atoms with Gasteiger partial charge in [0, 0.05) is 26.3 Å². The van der Waals surface area contributed by atoms with Crippen LogP contribution in [-0.4, -0.2) is 56.9 Å². The second kappa shape index (κ2) is 8.07. The van der Waals surface area contributed by atoms with Crippen LogP contribution < -0.4 is 5.69 Å². The highest BCUT2D eigenvalue weighted by Crippen LogP contribution is 2.17. The van der Waals surface area contributed by atoms with Crippen LogP contribution in [0.2, 0.25) is 0 Å². The maximum atomic E-state index is 12.3. The SMILES string of the molecule is CCCCN(CC)C(=O)Cn1nnn(C2CCOCC2)c1=O. The van der Waals surface area contributed by atoms with E-state index in [9.17, 15) is 9.59 Å². The lowest BCUT2D eigenvalue weighted by atomic mass is 10.1. The molecule has 124 valence electrons. The fraction of sp³-hybridized carbons (Fsp3) is 0.857. The molecule has 8 nitrogen and oxygen atoms in total. The van der Waals surface area contributed by atoms with E-state index in [0.29, 0.717) is 26.3 Å². The van der Waals surface area contributed by atoms with Crippen molar-refractivity contribution in [2.75, 3.05) is 26.3 Å². The van der Waals surface area contributed by atoms with Crippen LogP contribution in [0, 0.1) is 0 Å². The average Bonchev–Trinajstić information content (AvgIpc) is 2.90. The van der Waals surface area contributed by atoms with Gasteiger partial charge < -0.3 is 9.64 Å². The first-order chi connectivity index (χ1) is 10.7. The van der Waals surface area contributed by atoms with Crippen molar-refractivity contribution in [2.45, 2.75) is 52.1 Å². The van der Waals surface area contributed by atoms with Gasteiger partial charge in [0.15, 0.2) is 0 Å². The van der Waals surface area contributed by atoms with Crippen molar-refractivity contribution in [1.29, 1.82) is 0 Å². The zero-order valence-corrected chi connectivity index (χ0v) is 13.4. The molecule has 0 N–H and O–H groups in total. The van der Waals surface area contributed by atoms with E-state index in [2.05, 4.69) is 17.4 Å². The van der Waals surface area contributed by atoms with E-state index in [1.807, 2.05) is 6.92 Å². The average molecular weight is 311 g/mol. The molecule has 1 aliphatic heterocycles. The molecule has 0 atom stereocenters. The molecule has 0 unspecified atom stereocenters. The Morgan fingerprint density at radius 1 is 1.32 bits per heavy atom. The lowest BCUT2D eigenvalue weighted by molar-refractivity contribution is -0.132. The molecule has 1 saturated heterocycles. The van der Waals surface area contributed by atoms with Crippen LogP contribution in [0.5, 0.6) is 0 Å². The number of carbonyl (C=O) groups excluding carboxylic acids is 1. The largest absolute Gasteiger partial charge is 0.381 e. The number of likely N-dealkylation sites (N-methyl/N-ethyl adjacent to an activating group) is 1. The Balaban J connectivity index is 2.02. The van der Waals surface area contributed by atoms with Crippen molar-refractivity contribution in [3.63, 3.8) is 0 Å². The Morgan fingerprint density at radius 2 is 2.05 bits per heavy atom. The molecule has 1 aromatic rings. The molecule has 1 amide bonds. The monoisotopic (exact) mass is 311 g/mol. The number of amides is 1. The summed E-state index contributed by atoms with van der Waals surface area (Å²) in [6.45, 7) is 6.60. The van der Waals surface area contributed by atoms with Gasteiger partial charge in [0.2, 0.25) is 5.91 Å². The van der Waals surface area contributed by atoms with E-state index in [1.165, 1.54) is 4.68 Å². The van der Waals surface area contributed by atoms with Gasteiger partial charge in [-0.25, -0.2) is 4.79 Å². The molecule has 0 spiro atoms. The fourth-order valence-corrected chi connectivity index (χ4v) is 2.58. The molecule has 2 rings (SSSR count). The number of ether oxygens (including phenoxy) is 1. The van der Waals surface area contributed by atoms with Crippen molar-refractivity contribution >= 4 is 5.91 Å². The van der Waals surface area contributed by atoms with Crippen molar-refractivity contribution in [3.8, 4) is 0 Å². The van der Waals surface area contributed by atoms with Gasteiger partial charge in [-0.15, -0.1) is 0 Å². The van der Waals surface area contributed by atoms with Crippen LogP contribution >= 0.6 is 0 Å². The molecule has 0 aromatic carbocycles. The summed E-state index contributed by atoms with van der Waals surface area (Å²) in [6, 6.07) is 0.0208. The summed E-state index contributed by atoms with van der Waals surface area (Å²) in [5.41, 5.74) is -0.313. The third kappa shape index (κ3) is 3.94. The molecule has 8 heteroatoms. The Bertz CT molecular complexity index is 533. The number of carbonyl (C=O) groups is 1. The molecule has 0 aliphatic carbocycles. The molecular weight excluding hydrogens is 286 g/mol. The van der Waals surface area contributed by atoms with E-state index >= 15 is 0 Å². The van der Waals surface area contributed by atoms with Crippen molar-refractivity contribution < 1.29 is 9.53 Å². The summed E-state index contributed by atoms with van der Waals surface area (Å²) in [6.07, 6.45) is 3.50. The van der Waals surface area contributed by atoms with Gasteiger partial charge in [0.05, 0.1) is 6.04 Å². The van der Waals surface area contributed by atoms with Gasteiger partial charge in [0.1, 0.15) is 6.54 Å². The summed E-state index contributed by atoms with van der Waals surface area (Å²) in [5, 5.41) is 7.79. The minimum absolute atomic E-state index is 0.0208. The summed E-state index contributed by atoms with van der Waals surface area (Å²) >= 11 is 0. The zero-order chi connectivity index (χ0) is 15.9. The molecule has 0 saturated carbocycles. The van der Waals surface area contributed by atoms with Crippen LogP contribution in [0.3, 0.4) is 0 Å². The van der Waals surface area contributed by atoms with Gasteiger partial charge >= 0.3 is 5.69 Å². The molecule has 22 heavy (non-hydrogen) atoms. The summed E-state index contributed by atoms with van der Waals surface area (Å²) in [7, 11) is 0. The van der Waals surface area contributed by atoms with Gasteiger partial charge in [-0.2, -0.15) is 9.36 Å². The Labute approximate surface area is 130 Å². The van der Waals surface area contributed by atoms with Crippen molar-refractivity contribution in [2.24, 2.45) is 0 Å². The van der Waals surface area contributed by atoms with E-state index < -0.39 is 0 Å². The number of aromatic nitrogens is 4. The van der Waals surface area contributed by atoms with Crippen LogP contribution in [0.25, 0.3) is 0 Å². The highest BCUT2D eigenvalue weighted by atomic mass is 16.5. The van der Waals surface area contributed by atoms with Crippen molar-refractivity contribution in [1.82, 2.24) is 24.7 Å². The number of hydrogen-bond acceptors (Lipinski definition) is 5. The van der Waals surface area contributed by atoms with Gasteiger partial charge in [-0.1, -0.05) is 13.3 Å². The predicted molar refractivity (Wildman–Crippen MR) is 80.5 cm³/mol. The maximum absolute atomic E-state index is 12.3. The lowest BCUT2D eigenvalue weighted by Gasteiger charge is -2.21. The standard InChI is InChI=1S/C14H25N5O3/c1-3-5-8-17(4-2)13(20)11-18-14(21)19(16-15-18)12-6-9-22-10-7-12/h12H,3-11H2,1-2H3. The molecule has 1 fully saturated rings. The van der Waals surface area contributed by atoms with Crippen LogP contribution in [0.1, 0.15) is 45.6 Å². The minimum Gasteiger partial charge on any atom is -0.381 e. The molecule has 0 bridgehead atoms.